The van der Waals surface area contributed by atoms with Gasteiger partial charge < -0.3 is 4.74 Å². The predicted octanol–water partition coefficient (Wildman–Crippen LogP) is 3.70. The van der Waals surface area contributed by atoms with Crippen LogP contribution in [0.3, 0.4) is 0 Å². The van der Waals surface area contributed by atoms with Crippen LogP contribution in [-0.2, 0) is 16.0 Å². The number of Topliss-reactive ketones (excluding diaryl/α,β-unsaturated/α-hetero) is 1. The van der Waals surface area contributed by atoms with Crippen molar-refractivity contribution in [1.82, 2.24) is 0 Å². The summed E-state index contributed by atoms with van der Waals surface area (Å²) in [7, 11) is 0. The molecule has 2 heteroatoms. The average Bonchev–Trinajstić information content (AvgIpc) is 2.35. The molecule has 1 unspecified atom stereocenters. The van der Waals surface area contributed by atoms with Gasteiger partial charge >= 0.3 is 0 Å². The van der Waals surface area contributed by atoms with E-state index in [2.05, 4.69) is 38.1 Å². The Balaban J connectivity index is 1.93. The number of hydrogen-bond donors (Lipinski definition) is 0. The van der Waals surface area contributed by atoms with E-state index < -0.39 is 0 Å². The van der Waals surface area contributed by atoms with Crippen LogP contribution in [0, 0.1) is 5.92 Å². The van der Waals surface area contributed by atoms with Crippen LogP contribution in [0.15, 0.2) is 24.3 Å². The van der Waals surface area contributed by atoms with Crippen molar-refractivity contribution in [2.75, 3.05) is 6.61 Å². The zero-order valence-electron chi connectivity index (χ0n) is 11.3. The van der Waals surface area contributed by atoms with Crippen LogP contribution >= 0.6 is 0 Å². The van der Waals surface area contributed by atoms with E-state index in [0.29, 0.717) is 24.5 Å². The maximum atomic E-state index is 11.8. The van der Waals surface area contributed by atoms with E-state index in [9.17, 15) is 4.79 Å². The number of hydrogen-bond acceptors (Lipinski definition) is 2. The van der Waals surface area contributed by atoms with Crippen molar-refractivity contribution in [3.8, 4) is 0 Å². The van der Waals surface area contributed by atoms with E-state index in [4.69, 9.17) is 4.74 Å². The molecule has 0 spiro atoms. The van der Waals surface area contributed by atoms with Crippen LogP contribution in [-0.4, -0.2) is 12.4 Å². The Labute approximate surface area is 109 Å². The van der Waals surface area contributed by atoms with Gasteiger partial charge in [-0.15, -0.1) is 0 Å². The lowest BCUT2D eigenvalue weighted by molar-refractivity contribution is -0.120. The van der Waals surface area contributed by atoms with Gasteiger partial charge in [-0.1, -0.05) is 38.1 Å². The third-order valence-corrected chi connectivity index (χ3v) is 3.41. The first-order valence-electron chi connectivity index (χ1n) is 6.88. The molecule has 1 heterocycles. The number of ketones is 1. The molecule has 2 nitrogen and oxygen atoms in total. The average molecular weight is 246 g/mol. The fraction of sp³-hybridized carbons (Fsp3) is 0.562. The minimum Gasteiger partial charge on any atom is -0.373 e. The van der Waals surface area contributed by atoms with E-state index in [-0.39, 0.29) is 6.10 Å². The van der Waals surface area contributed by atoms with E-state index in [1.165, 1.54) is 11.1 Å². The van der Waals surface area contributed by atoms with Crippen LogP contribution in [0.1, 0.15) is 50.3 Å². The van der Waals surface area contributed by atoms with E-state index in [0.717, 1.165) is 19.4 Å². The van der Waals surface area contributed by atoms with Crippen LogP contribution in [0.2, 0.25) is 0 Å². The van der Waals surface area contributed by atoms with E-state index in [1.807, 2.05) is 0 Å². The summed E-state index contributed by atoms with van der Waals surface area (Å²) in [4.78, 5) is 11.8. The Bertz CT molecular complexity index is 409. The highest BCUT2D eigenvalue weighted by Crippen LogP contribution is 2.30. The Hall–Kier alpha value is -1.15. The molecule has 18 heavy (non-hydrogen) atoms. The summed E-state index contributed by atoms with van der Waals surface area (Å²) in [6, 6.07) is 8.43. The van der Waals surface area contributed by atoms with Crippen LogP contribution < -0.4 is 0 Å². The van der Waals surface area contributed by atoms with Gasteiger partial charge in [0.15, 0.2) is 0 Å². The zero-order chi connectivity index (χ0) is 13.0. The molecular formula is C16H22O2. The summed E-state index contributed by atoms with van der Waals surface area (Å²) in [5.41, 5.74) is 2.66. The van der Waals surface area contributed by atoms with Crippen molar-refractivity contribution in [1.29, 1.82) is 0 Å². The summed E-state index contributed by atoms with van der Waals surface area (Å²) < 4.78 is 5.81. The molecule has 1 aromatic rings. The molecule has 1 aliphatic rings. The molecule has 98 valence electrons. The smallest absolute Gasteiger partial charge is 0.133 e. The normalized spacial score (nSPS) is 18.7. The molecule has 0 aliphatic carbocycles. The number of ether oxygens (including phenoxy) is 1. The Morgan fingerprint density at radius 2 is 2.17 bits per heavy atom. The number of benzene rings is 1. The monoisotopic (exact) mass is 246 g/mol. The lowest BCUT2D eigenvalue weighted by Gasteiger charge is -2.25. The van der Waals surface area contributed by atoms with Gasteiger partial charge in [0.2, 0.25) is 0 Å². The first-order chi connectivity index (χ1) is 8.66. The van der Waals surface area contributed by atoms with Crippen molar-refractivity contribution in [3.63, 3.8) is 0 Å². The molecule has 0 amide bonds. The van der Waals surface area contributed by atoms with Gasteiger partial charge in [-0.2, -0.15) is 0 Å². The number of carbonyl (C=O) groups excluding carboxylic acids is 1. The lowest BCUT2D eigenvalue weighted by Crippen LogP contribution is -2.17. The molecule has 0 bridgehead atoms. The van der Waals surface area contributed by atoms with Gasteiger partial charge in [-0.05, 0) is 29.9 Å². The van der Waals surface area contributed by atoms with Crippen molar-refractivity contribution < 1.29 is 9.53 Å². The molecule has 0 radical (unpaired) electrons. The maximum Gasteiger partial charge on any atom is 0.133 e. The molecule has 2 rings (SSSR count). The number of fused-ring (bicyclic) bond motifs is 1. The standard InChI is InChI=1S/C16H22O2/c1-12(2)11-14(17)7-8-16-15-6-4-3-5-13(15)9-10-18-16/h3-6,12,16H,7-11H2,1-2H3. The molecular weight excluding hydrogens is 224 g/mol. The highest BCUT2D eigenvalue weighted by molar-refractivity contribution is 5.78. The molecule has 0 saturated heterocycles. The van der Waals surface area contributed by atoms with Gasteiger partial charge in [0.1, 0.15) is 5.78 Å². The first-order valence-corrected chi connectivity index (χ1v) is 6.88. The van der Waals surface area contributed by atoms with Crippen molar-refractivity contribution in [2.45, 2.75) is 45.6 Å². The van der Waals surface area contributed by atoms with Gasteiger partial charge in [0, 0.05) is 12.8 Å². The lowest BCUT2D eigenvalue weighted by atomic mass is 9.93. The fourth-order valence-corrected chi connectivity index (χ4v) is 2.57. The van der Waals surface area contributed by atoms with Gasteiger partial charge in [-0.25, -0.2) is 0 Å². The molecule has 1 aliphatic heterocycles. The second-order valence-corrected chi connectivity index (χ2v) is 5.48. The summed E-state index contributed by atoms with van der Waals surface area (Å²) >= 11 is 0. The van der Waals surface area contributed by atoms with Crippen LogP contribution in [0.25, 0.3) is 0 Å². The largest absolute Gasteiger partial charge is 0.373 e. The summed E-state index contributed by atoms with van der Waals surface area (Å²) in [5, 5.41) is 0. The molecule has 1 aromatic carbocycles. The highest BCUT2D eigenvalue weighted by atomic mass is 16.5. The van der Waals surface area contributed by atoms with E-state index in [1.54, 1.807) is 0 Å². The predicted molar refractivity (Wildman–Crippen MR) is 72.5 cm³/mol. The maximum absolute atomic E-state index is 11.8. The number of carbonyl (C=O) groups is 1. The minimum absolute atomic E-state index is 0.117. The molecule has 0 fully saturated rings. The van der Waals surface area contributed by atoms with Crippen molar-refractivity contribution in [2.24, 2.45) is 5.92 Å². The topological polar surface area (TPSA) is 26.3 Å². The Kier molecular flexibility index (Phi) is 4.54. The summed E-state index contributed by atoms with van der Waals surface area (Å²) in [6.07, 6.45) is 3.26. The highest BCUT2D eigenvalue weighted by Gasteiger charge is 2.21. The fourth-order valence-electron chi connectivity index (χ4n) is 2.57. The Morgan fingerprint density at radius 3 is 2.94 bits per heavy atom. The van der Waals surface area contributed by atoms with E-state index >= 15 is 0 Å². The zero-order valence-corrected chi connectivity index (χ0v) is 11.3. The molecule has 1 atom stereocenters. The molecule has 0 aromatic heterocycles. The molecule has 0 saturated carbocycles. The van der Waals surface area contributed by atoms with Gasteiger partial charge in [0.05, 0.1) is 12.7 Å². The van der Waals surface area contributed by atoms with Gasteiger partial charge in [0.25, 0.3) is 0 Å². The Morgan fingerprint density at radius 1 is 1.39 bits per heavy atom. The van der Waals surface area contributed by atoms with Crippen LogP contribution in [0.5, 0.6) is 0 Å². The molecule has 0 N–H and O–H groups in total. The third-order valence-electron chi connectivity index (χ3n) is 3.41. The minimum atomic E-state index is 0.117. The SMILES string of the molecule is CC(C)CC(=O)CCC1OCCc2ccccc21. The summed E-state index contributed by atoms with van der Waals surface area (Å²) in [5.74, 6) is 0.814. The van der Waals surface area contributed by atoms with Gasteiger partial charge in [-0.3, -0.25) is 4.79 Å². The van der Waals surface area contributed by atoms with Crippen molar-refractivity contribution >= 4 is 5.78 Å². The first kappa shape index (κ1) is 13.3. The third kappa shape index (κ3) is 3.42. The van der Waals surface area contributed by atoms with Crippen LogP contribution in [0.4, 0.5) is 0 Å². The quantitative estimate of drug-likeness (QED) is 0.792. The second kappa shape index (κ2) is 6.14. The second-order valence-electron chi connectivity index (χ2n) is 5.48. The number of rotatable bonds is 5. The summed E-state index contributed by atoms with van der Waals surface area (Å²) in [6.45, 7) is 4.95. The van der Waals surface area contributed by atoms with Crippen molar-refractivity contribution in [3.05, 3.63) is 35.4 Å².